The number of halogens is 2. The molecule has 0 radical (unpaired) electrons. The molecule has 0 spiro atoms. The van der Waals surface area contributed by atoms with E-state index < -0.39 is 42.2 Å². The SMILES string of the molecule is Cc1cc([C@H]2C[C@@H](O)[C@@H](CO)O2)c(F)cc1F.Cc1cccc2c1ncn2[C@H]1C[C@@H](O)[C@@H](CO)O1. The summed E-state index contributed by atoms with van der Waals surface area (Å²) in [6, 6.07) is 8.16. The van der Waals surface area contributed by atoms with E-state index in [2.05, 4.69) is 4.98 Å². The zero-order valence-electron chi connectivity index (χ0n) is 19.5. The van der Waals surface area contributed by atoms with Crippen LogP contribution in [0.2, 0.25) is 0 Å². The van der Waals surface area contributed by atoms with Crippen molar-refractivity contribution in [2.75, 3.05) is 13.2 Å². The van der Waals surface area contributed by atoms with Crippen molar-refractivity contribution in [3.8, 4) is 0 Å². The number of hydrogen-bond acceptors (Lipinski definition) is 7. The lowest BCUT2D eigenvalue weighted by Gasteiger charge is -2.14. The summed E-state index contributed by atoms with van der Waals surface area (Å²) < 4.78 is 39.6. The lowest BCUT2D eigenvalue weighted by molar-refractivity contribution is -0.0430. The average molecular weight is 493 g/mol. The first-order valence-corrected chi connectivity index (χ1v) is 11.5. The first-order valence-electron chi connectivity index (χ1n) is 11.5. The molecule has 2 aromatic carbocycles. The molecule has 0 saturated carbocycles. The van der Waals surface area contributed by atoms with Crippen LogP contribution in [-0.4, -0.2) is 67.6 Å². The number of hydrogen-bond donors (Lipinski definition) is 4. The van der Waals surface area contributed by atoms with E-state index in [0.717, 1.165) is 22.7 Å². The molecule has 2 fully saturated rings. The Morgan fingerprint density at radius 2 is 1.63 bits per heavy atom. The number of ether oxygens (including phenoxy) is 2. The molecule has 6 atom stereocenters. The van der Waals surface area contributed by atoms with Crippen LogP contribution in [0.5, 0.6) is 0 Å². The largest absolute Gasteiger partial charge is 0.394 e. The molecule has 2 aliphatic heterocycles. The first kappa shape index (κ1) is 25.6. The summed E-state index contributed by atoms with van der Waals surface area (Å²) in [5.41, 5.74) is 3.60. The van der Waals surface area contributed by atoms with Gasteiger partial charge in [0.25, 0.3) is 0 Å². The van der Waals surface area contributed by atoms with Crippen LogP contribution in [0.3, 0.4) is 0 Å². The fourth-order valence-corrected chi connectivity index (χ4v) is 4.50. The highest BCUT2D eigenvalue weighted by Crippen LogP contribution is 2.35. The topological polar surface area (TPSA) is 117 Å². The second-order valence-corrected chi connectivity index (χ2v) is 8.98. The van der Waals surface area contributed by atoms with Crippen LogP contribution in [-0.2, 0) is 9.47 Å². The number of fused-ring (bicyclic) bond motifs is 1. The van der Waals surface area contributed by atoms with Crippen LogP contribution in [0.15, 0.2) is 36.7 Å². The molecule has 10 heteroatoms. The van der Waals surface area contributed by atoms with E-state index >= 15 is 0 Å². The lowest BCUT2D eigenvalue weighted by Crippen LogP contribution is -2.24. The van der Waals surface area contributed by atoms with E-state index in [9.17, 15) is 19.0 Å². The molecule has 0 aliphatic carbocycles. The second-order valence-electron chi connectivity index (χ2n) is 8.98. The summed E-state index contributed by atoms with van der Waals surface area (Å²) in [6.45, 7) is 3.07. The summed E-state index contributed by atoms with van der Waals surface area (Å²) in [5, 5.41) is 37.3. The molecule has 2 aliphatic rings. The van der Waals surface area contributed by atoms with Gasteiger partial charge in [-0.05, 0) is 37.1 Å². The Morgan fingerprint density at radius 3 is 2.29 bits per heavy atom. The zero-order chi connectivity index (χ0) is 25.3. The van der Waals surface area contributed by atoms with E-state index in [0.29, 0.717) is 12.0 Å². The van der Waals surface area contributed by atoms with Crippen LogP contribution in [0.1, 0.15) is 41.9 Å². The Hall–Kier alpha value is -2.47. The number of aryl methyl sites for hydroxylation is 2. The predicted molar refractivity (Wildman–Crippen MR) is 123 cm³/mol. The van der Waals surface area contributed by atoms with Crippen LogP contribution in [0.4, 0.5) is 8.78 Å². The molecule has 3 aromatic rings. The van der Waals surface area contributed by atoms with Gasteiger partial charge in [0, 0.05) is 24.5 Å². The first-order chi connectivity index (χ1) is 16.7. The third kappa shape index (κ3) is 5.23. The van der Waals surface area contributed by atoms with E-state index in [1.165, 1.54) is 13.0 Å². The van der Waals surface area contributed by atoms with Crippen LogP contribution in [0.25, 0.3) is 11.0 Å². The van der Waals surface area contributed by atoms with Gasteiger partial charge in [0.2, 0.25) is 0 Å². The number of aliphatic hydroxyl groups excluding tert-OH is 4. The van der Waals surface area contributed by atoms with Crippen molar-refractivity contribution in [1.82, 2.24) is 9.55 Å². The summed E-state index contributed by atoms with van der Waals surface area (Å²) in [5.74, 6) is -1.30. The van der Waals surface area contributed by atoms with Gasteiger partial charge in [-0.2, -0.15) is 0 Å². The molecule has 3 heterocycles. The van der Waals surface area contributed by atoms with Gasteiger partial charge in [0.15, 0.2) is 0 Å². The van der Waals surface area contributed by atoms with Crippen molar-refractivity contribution in [3.05, 3.63) is 65.0 Å². The van der Waals surface area contributed by atoms with E-state index in [1.54, 1.807) is 6.33 Å². The maximum absolute atomic E-state index is 13.6. The summed E-state index contributed by atoms with van der Waals surface area (Å²) in [4.78, 5) is 4.38. The number of imidazole rings is 1. The molecule has 0 unspecified atom stereocenters. The predicted octanol–water partition coefficient (Wildman–Crippen LogP) is 2.44. The Balaban J connectivity index is 0.000000165. The van der Waals surface area contributed by atoms with Gasteiger partial charge in [-0.15, -0.1) is 0 Å². The van der Waals surface area contributed by atoms with Gasteiger partial charge in [0.05, 0.1) is 48.9 Å². The smallest absolute Gasteiger partial charge is 0.138 e. The molecule has 0 bridgehead atoms. The molecular weight excluding hydrogens is 462 g/mol. The van der Waals surface area contributed by atoms with E-state index in [1.807, 2.05) is 29.7 Å². The minimum absolute atomic E-state index is 0.163. The minimum Gasteiger partial charge on any atom is -0.394 e. The maximum Gasteiger partial charge on any atom is 0.138 e. The Morgan fingerprint density at radius 1 is 0.943 bits per heavy atom. The van der Waals surface area contributed by atoms with Crippen molar-refractivity contribution >= 4 is 11.0 Å². The Bertz CT molecular complexity index is 1170. The molecule has 8 nitrogen and oxygen atoms in total. The average Bonchev–Trinajstić information content (AvgIpc) is 3.53. The number of nitrogens with zero attached hydrogens (tertiary/aromatic N) is 2. The number of aliphatic hydroxyl groups is 4. The molecule has 1 aromatic heterocycles. The molecule has 190 valence electrons. The fraction of sp³-hybridized carbons (Fsp3) is 0.480. The van der Waals surface area contributed by atoms with Gasteiger partial charge in [-0.25, -0.2) is 13.8 Å². The van der Waals surface area contributed by atoms with E-state index in [-0.39, 0.29) is 31.4 Å². The van der Waals surface area contributed by atoms with Gasteiger partial charge < -0.3 is 34.5 Å². The summed E-state index contributed by atoms with van der Waals surface area (Å²) in [6.07, 6.45) is -1.14. The Kier molecular flexibility index (Phi) is 7.80. The van der Waals surface area contributed by atoms with E-state index in [4.69, 9.17) is 19.7 Å². The van der Waals surface area contributed by atoms with Crippen LogP contribution < -0.4 is 0 Å². The number of aromatic nitrogens is 2. The van der Waals surface area contributed by atoms with Gasteiger partial charge in [0.1, 0.15) is 30.1 Å². The molecule has 0 amide bonds. The minimum atomic E-state index is -0.824. The third-order valence-electron chi connectivity index (χ3n) is 6.53. The summed E-state index contributed by atoms with van der Waals surface area (Å²) in [7, 11) is 0. The number of benzene rings is 2. The molecular formula is C25H30F2N2O6. The second kappa shape index (κ2) is 10.7. The standard InChI is InChI=1S/C13H16N2O3.C12H14F2O3/c1-8-3-2-4-9-13(8)14-7-15(9)12-5-10(17)11(6-16)18-12;1-6-2-7(9(14)3-8(6)13)11-4-10(16)12(5-15)17-11/h2-4,7,10-12,16-17H,5-6H2,1H3;2-3,10-12,15-16H,4-5H2,1H3/t2*10-,11-,12-/m11/s1. The molecule has 35 heavy (non-hydrogen) atoms. The number of para-hydroxylation sites is 1. The number of rotatable bonds is 4. The van der Waals surface area contributed by atoms with Crippen molar-refractivity contribution in [2.24, 2.45) is 0 Å². The van der Waals surface area contributed by atoms with Crippen molar-refractivity contribution < 1.29 is 38.7 Å². The van der Waals surface area contributed by atoms with Gasteiger partial charge in [-0.3, -0.25) is 0 Å². The summed E-state index contributed by atoms with van der Waals surface area (Å²) >= 11 is 0. The monoisotopic (exact) mass is 492 g/mol. The van der Waals surface area contributed by atoms with Crippen molar-refractivity contribution in [2.45, 2.75) is 63.4 Å². The molecule has 2 saturated heterocycles. The quantitative estimate of drug-likeness (QED) is 0.442. The highest BCUT2D eigenvalue weighted by Gasteiger charge is 2.36. The highest BCUT2D eigenvalue weighted by molar-refractivity contribution is 5.78. The Labute approximate surface area is 201 Å². The lowest BCUT2D eigenvalue weighted by atomic mass is 10.0. The van der Waals surface area contributed by atoms with Crippen molar-refractivity contribution in [1.29, 1.82) is 0 Å². The zero-order valence-corrected chi connectivity index (χ0v) is 19.5. The van der Waals surface area contributed by atoms with Gasteiger partial charge >= 0.3 is 0 Å². The van der Waals surface area contributed by atoms with Gasteiger partial charge in [-0.1, -0.05) is 12.1 Å². The third-order valence-corrected chi connectivity index (χ3v) is 6.53. The highest BCUT2D eigenvalue weighted by atomic mass is 19.1. The normalized spacial score (nSPS) is 28.3. The molecule has 5 rings (SSSR count). The van der Waals surface area contributed by atoms with Crippen LogP contribution in [0, 0.1) is 25.5 Å². The van der Waals surface area contributed by atoms with Crippen molar-refractivity contribution in [3.63, 3.8) is 0 Å². The maximum atomic E-state index is 13.6. The molecule has 4 N–H and O–H groups in total. The van der Waals surface area contributed by atoms with Crippen LogP contribution >= 0.6 is 0 Å². The fourth-order valence-electron chi connectivity index (χ4n) is 4.50.